The summed E-state index contributed by atoms with van der Waals surface area (Å²) in [5.74, 6) is -1.77. The first kappa shape index (κ1) is 14.5. The fourth-order valence-electron chi connectivity index (χ4n) is 2.91. The predicted octanol–water partition coefficient (Wildman–Crippen LogP) is 2.23. The number of aliphatic carboxylic acids is 1. The molecule has 0 spiro atoms. The lowest BCUT2D eigenvalue weighted by Gasteiger charge is -2.36. The second-order valence-corrected chi connectivity index (χ2v) is 5.23. The molecule has 1 fully saturated rings. The average Bonchev–Trinajstić information content (AvgIpc) is 2.45. The molecular weight excluding hydrogens is 261 g/mol. The number of carboxylic acid groups (broad SMARTS) is 1. The minimum absolute atomic E-state index is 0.315. The van der Waals surface area contributed by atoms with Gasteiger partial charge in [0.2, 0.25) is 5.91 Å². The van der Waals surface area contributed by atoms with Gasteiger partial charge in [-0.1, -0.05) is 31.4 Å². The summed E-state index contributed by atoms with van der Waals surface area (Å²) in [6, 6.07) is 6.06. The summed E-state index contributed by atoms with van der Waals surface area (Å²) in [6.45, 7) is -0.407. The Morgan fingerprint density at radius 2 is 1.95 bits per heavy atom. The summed E-state index contributed by atoms with van der Waals surface area (Å²) in [6.07, 6.45) is 4.07. The molecule has 0 unspecified atom stereocenters. The molecule has 0 heterocycles. The van der Waals surface area contributed by atoms with Crippen molar-refractivity contribution in [1.29, 1.82) is 0 Å². The first-order valence-electron chi connectivity index (χ1n) is 6.81. The van der Waals surface area contributed by atoms with E-state index in [1.807, 2.05) is 0 Å². The van der Waals surface area contributed by atoms with Gasteiger partial charge in [-0.3, -0.25) is 9.59 Å². The summed E-state index contributed by atoms with van der Waals surface area (Å²) in [5.41, 5.74) is -0.157. The molecule has 2 rings (SSSR count). The maximum absolute atomic E-state index is 13.4. The maximum Gasteiger partial charge on any atom is 0.322 e. The summed E-state index contributed by atoms with van der Waals surface area (Å²) in [5, 5.41) is 11.1. The number of benzene rings is 1. The maximum atomic E-state index is 13.4. The summed E-state index contributed by atoms with van der Waals surface area (Å²) in [4.78, 5) is 23.0. The van der Waals surface area contributed by atoms with Crippen molar-refractivity contribution >= 4 is 11.9 Å². The minimum atomic E-state index is -1.08. The first-order chi connectivity index (χ1) is 9.54. The third kappa shape index (κ3) is 2.98. The van der Waals surface area contributed by atoms with Gasteiger partial charge in [-0.25, -0.2) is 4.39 Å². The monoisotopic (exact) mass is 279 g/mol. The van der Waals surface area contributed by atoms with Crippen LogP contribution in [0, 0.1) is 5.82 Å². The number of hydrogen-bond acceptors (Lipinski definition) is 2. The van der Waals surface area contributed by atoms with E-state index in [9.17, 15) is 14.0 Å². The lowest BCUT2D eigenvalue weighted by Crippen LogP contribution is -2.47. The number of carbonyl (C=O) groups is 2. The molecule has 108 valence electrons. The summed E-state index contributed by atoms with van der Waals surface area (Å²) >= 11 is 0. The van der Waals surface area contributed by atoms with Crippen LogP contribution in [0.4, 0.5) is 4.39 Å². The molecule has 0 aliphatic heterocycles. The Labute approximate surface area is 117 Å². The van der Waals surface area contributed by atoms with Gasteiger partial charge in [0.1, 0.15) is 12.4 Å². The van der Waals surface area contributed by atoms with E-state index in [1.54, 1.807) is 12.1 Å². The van der Waals surface area contributed by atoms with Crippen LogP contribution in [-0.4, -0.2) is 23.5 Å². The molecular formula is C15H18FNO3. The van der Waals surface area contributed by atoms with Crippen molar-refractivity contribution in [1.82, 2.24) is 5.32 Å². The van der Waals surface area contributed by atoms with Gasteiger partial charge in [0.15, 0.2) is 0 Å². The number of hydrogen-bond donors (Lipinski definition) is 2. The Hall–Kier alpha value is -1.91. The van der Waals surface area contributed by atoms with Gasteiger partial charge >= 0.3 is 5.97 Å². The molecule has 1 aliphatic rings. The van der Waals surface area contributed by atoms with Crippen molar-refractivity contribution in [2.45, 2.75) is 37.5 Å². The van der Waals surface area contributed by atoms with Crippen molar-refractivity contribution in [2.24, 2.45) is 0 Å². The van der Waals surface area contributed by atoms with Crippen LogP contribution in [0.3, 0.4) is 0 Å². The Morgan fingerprint density at radius 3 is 2.55 bits per heavy atom. The zero-order valence-electron chi connectivity index (χ0n) is 11.2. The highest BCUT2D eigenvalue weighted by Crippen LogP contribution is 2.39. The van der Waals surface area contributed by atoms with E-state index in [0.717, 1.165) is 19.3 Å². The number of carboxylic acids is 1. The molecule has 5 heteroatoms. The molecule has 1 aromatic rings. The fraction of sp³-hybridized carbons (Fsp3) is 0.467. The van der Waals surface area contributed by atoms with Crippen LogP contribution in [0.5, 0.6) is 0 Å². The van der Waals surface area contributed by atoms with E-state index in [1.165, 1.54) is 12.1 Å². The van der Waals surface area contributed by atoms with Gasteiger partial charge in [-0.15, -0.1) is 0 Å². The lowest BCUT2D eigenvalue weighted by molar-refractivity contribution is -0.139. The van der Waals surface area contributed by atoms with Crippen LogP contribution in [-0.2, 0) is 15.0 Å². The van der Waals surface area contributed by atoms with Crippen molar-refractivity contribution in [3.05, 3.63) is 35.6 Å². The van der Waals surface area contributed by atoms with E-state index in [4.69, 9.17) is 5.11 Å². The van der Waals surface area contributed by atoms with E-state index >= 15 is 0 Å². The summed E-state index contributed by atoms with van der Waals surface area (Å²) < 4.78 is 13.4. The normalized spacial score (nSPS) is 17.4. The quantitative estimate of drug-likeness (QED) is 0.888. The number of amides is 1. The van der Waals surface area contributed by atoms with E-state index in [0.29, 0.717) is 18.4 Å². The molecule has 1 saturated carbocycles. The van der Waals surface area contributed by atoms with Crippen LogP contribution in [0.2, 0.25) is 0 Å². The highest BCUT2D eigenvalue weighted by molar-refractivity contribution is 5.90. The number of carbonyl (C=O) groups excluding carboxylic acids is 1. The smallest absolute Gasteiger partial charge is 0.322 e. The van der Waals surface area contributed by atoms with E-state index < -0.39 is 17.9 Å². The Morgan fingerprint density at radius 1 is 1.25 bits per heavy atom. The lowest BCUT2D eigenvalue weighted by atomic mass is 9.68. The predicted molar refractivity (Wildman–Crippen MR) is 71.8 cm³/mol. The van der Waals surface area contributed by atoms with Gasteiger partial charge in [-0.05, 0) is 30.5 Å². The van der Waals surface area contributed by atoms with E-state index in [-0.39, 0.29) is 11.7 Å². The number of rotatable bonds is 4. The Kier molecular flexibility index (Phi) is 4.37. The van der Waals surface area contributed by atoms with Crippen LogP contribution in [0.1, 0.15) is 37.7 Å². The molecule has 2 N–H and O–H groups in total. The fourth-order valence-corrected chi connectivity index (χ4v) is 2.91. The van der Waals surface area contributed by atoms with Gasteiger partial charge in [0.25, 0.3) is 0 Å². The SMILES string of the molecule is O=C(O)CNC(=O)C1(c2cccc(F)c2)CCCCC1. The van der Waals surface area contributed by atoms with Gasteiger partial charge in [0.05, 0.1) is 5.41 Å². The minimum Gasteiger partial charge on any atom is -0.480 e. The van der Waals surface area contributed by atoms with Gasteiger partial charge in [-0.2, -0.15) is 0 Å². The van der Waals surface area contributed by atoms with Crippen molar-refractivity contribution in [2.75, 3.05) is 6.54 Å². The third-order valence-electron chi connectivity index (χ3n) is 3.92. The number of nitrogens with one attached hydrogen (secondary N) is 1. The van der Waals surface area contributed by atoms with Gasteiger partial charge < -0.3 is 10.4 Å². The van der Waals surface area contributed by atoms with Crippen LogP contribution in [0.15, 0.2) is 24.3 Å². The molecule has 0 atom stereocenters. The molecule has 1 aromatic carbocycles. The molecule has 0 bridgehead atoms. The largest absolute Gasteiger partial charge is 0.480 e. The topological polar surface area (TPSA) is 66.4 Å². The zero-order chi connectivity index (χ0) is 14.6. The van der Waals surface area contributed by atoms with Crippen LogP contribution in [0.25, 0.3) is 0 Å². The Bertz CT molecular complexity index is 510. The summed E-state index contributed by atoms with van der Waals surface area (Å²) in [7, 11) is 0. The van der Waals surface area contributed by atoms with Crippen LogP contribution >= 0.6 is 0 Å². The standard InChI is InChI=1S/C15H18FNO3/c16-12-6-4-5-11(9-12)15(7-2-1-3-8-15)14(20)17-10-13(18)19/h4-6,9H,1-3,7-8,10H2,(H,17,20)(H,18,19). The molecule has 1 amide bonds. The van der Waals surface area contributed by atoms with Crippen molar-refractivity contribution in [3.8, 4) is 0 Å². The second kappa shape index (κ2) is 6.03. The van der Waals surface area contributed by atoms with E-state index in [2.05, 4.69) is 5.32 Å². The van der Waals surface area contributed by atoms with Crippen LogP contribution < -0.4 is 5.32 Å². The Balaban J connectivity index is 2.30. The molecule has 4 nitrogen and oxygen atoms in total. The van der Waals surface area contributed by atoms with Gasteiger partial charge in [0, 0.05) is 0 Å². The average molecular weight is 279 g/mol. The van der Waals surface area contributed by atoms with Crippen molar-refractivity contribution in [3.63, 3.8) is 0 Å². The van der Waals surface area contributed by atoms with Crippen molar-refractivity contribution < 1.29 is 19.1 Å². The second-order valence-electron chi connectivity index (χ2n) is 5.23. The molecule has 0 aromatic heterocycles. The third-order valence-corrected chi connectivity index (χ3v) is 3.92. The zero-order valence-corrected chi connectivity index (χ0v) is 11.2. The highest BCUT2D eigenvalue weighted by atomic mass is 19.1. The first-order valence-corrected chi connectivity index (χ1v) is 6.81. The highest BCUT2D eigenvalue weighted by Gasteiger charge is 2.41. The molecule has 0 radical (unpaired) electrons. The molecule has 0 saturated heterocycles. The number of halogens is 1. The molecule has 1 aliphatic carbocycles. The molecule has 20 heavy (non-hydrogen) atoms.